The fourth-order valence-corrected chi connectivity index (χ4v) is 5.62. The molecular formula is C17H25ClN4O4S. The van der Waals surface area contributed by atoms with Crippen LogP contribution >= 0.6 is 11.6 Å². The number of piperidine rings is 1. The zero-order valence-electron chi connectivity index (χ0n) is 15.6. The van der Waals surface area contributed by atoms with Gasteiger partial charge in [-0.1, -0.05) is 11.6 Å². The quantitative estimate of drug-likeness (QED) is 0.550. The van der Waals surface area contributed by atoms with E-state index >= 15 is 0 Å². The van der Waals surface area contributed by atoms with Crippen LogP contribution in [0.25, 0.3) is 0 Å². The first-order valence-corrected chi connectivity index (χ1v) is 10.9. The molecule has 3 rings (SSSR count). The number of nitro benzene ring substituents is 1. The number of halogens is 1. The molecule has 0 saturated carbocycles. The largest absolute Gasteiger partial charge is 0.305 e. The Bertz CT molecular complexity index is 824. The number of benzene rings is 1. The lowest BCUT2D eigenvalue weighted by Crippen LogP contribution is -2.55. The summed E-state index contributed by atoms with van der Waals surface area (Å²) in [6, 6.07) is 2.88. The molecule has 150 valence electrons. The smallest absolute Gasteiger partial charge is 0.275 e. The number of nitrogens with zero attached hydrogens (tertiary/aromatic N) is 4. The molecule has 10 heteroatoms. The van der Waals surface area contributed by atoms with E-state index in [9.17, 15) is 18.5 Å². The van der Waals surface area contributed by atoms with Crippen molar-refractivity contribution in [2.45, 2.75) is 30.7 Å². The van der Waals surface area contributed by atoms with E-state index in [-0.39, 0.29) is 21.2 Å². The Morgan fingerprint density at radius 1 is 1.19 bits per heavy atom. The number of hydrogen-bond acceptors (Lipinski definition) is 6. The summed E-state index contributed by atoms with van der Waals surface area (Å²) in [4.78, 5) is 15.2. The summed E-state index contributed by atoms with van der Waals surface area (Å²) in [5.74, 6) is 0. The van der Waals surface area contributed by atoms with Crippen molar-refractivity contribution in [1.82, 2.24) is 14.1 Å². The third-order valence-electron chi connectivity index (χ3n) is 5.51. The molecule has 2 saturated heterocycles. The molecule has 1 atom stereocenters. The minimum Gasteiger partial charge on any atom is -0.305 e. The lowest BCUT2D eigenvalue weighted by Gasteiger charge is -2.42. The zero-order valence-corrected chi connectivity index (χ0v) is 17.2. The highest BCUT2D eigenvalue weighted by Crippen LogP contribution is 2.31. The molecule has 2 heterocycles. The van der Waals surface area contributed by atoms with E-state index in [0.717, 1.165) is 32.0 Å². The third-order valence-corrected chi connectivity index (χ3v) is 7.78. The molecular weight excluding hydrogens is 392 g/mol. The van der Waals surface area contributed by atoms with Gasteiger partial charge in [0.25, 0.3) is 5.69 Å². The van der Waals surface area contributed by atoms with Gasteiger partial charge in [0.05, 0.1) is 14.8 Å². The summed E-state index contributed by atoms with van der Waals surface area (Å²) in [7, 11) is -1.70. The molecule has 1 aromatic rings. The van der Waals surface area contributed by atoms with E-state index in [1.165, 1.54) is 17.3 Å². The van der Waals surface area contributed by atoms with Crippen molar-refractivity contribution < 1.29 is 13.3 Å². The van der Waals surface area contributed by atoms with Gasteiger partial charge in [-0.15, -0.1) is 0 Å². The number of nitro groups is 1. The topological polar surface area (TPSA) is 87.0 Å². The molecule has 0 spiro atoms. The van der Waals surface area contributed by atoms with Crippen molar-refractivity contribution in [3.05, 3.63) is 32.8 Å². The molecule has 27 heavy (non-hydrogen) atoms. The first-order chi connectivity index (χ1) is 12.7. The van der Waals surface area contributed by atoms with Crippen molar-refractivity contribution in [2.75, 3.05) is 46.3 Å². The van der Waals surface area contributed by atoms with Gasteiger partial charge in [0.1, 0.15) is 0 Å². The average molecular weight is 417 g/mol. The monoisotopic (exact) mass is 416 g/mol. The highest BCUT2D eigenvalue weighted by molar-refractivity contribution is 7.89. The normalized spacial score (nSPS) is 23.4. The van der Waals surface area contributed by atoms with Crippen molar-refractivity contribution in [2.24, 2.45) is 0 Å². The van der Waals surface area contributed by atoms with Gasteiger partial charge in [-0.05, 0) is 39.4 Å². The predicted octanol–water partition coefficient (Wildman–Crippen LogP) is 1.96. The maximum absolute atomic E-state index is 13.0. The molecule has 8 nitrogen and oxygen atoms in total. The Morgan fingerprint density at radius 3 is 2.44 bits per heavy atom. The van der Waals surface area contributed by atoms with Crippen LogP contribution in [0.5, 0.6) is 0 Å². The molecule has 1 unspecified atom stereocenters. The summed E-state index contributed by atoms with van der Waals surface area (Å²) in [6.45, 7) is 5.71. The SMILES string of the molecule is Cc1c(Cl)cc(S(=O)(=O)N2CCN(C3CCCN(C)C3)CC2)cc1[N+](=O)[O-]. The van der Waals surface area contributed by atoms with Gasteiger partial charge in [0.2, 0.25) is 10.0 Å². The van der Waals surface area contributed by atoms with E-state index in [0.29, 0.717) is 32.2 Å². The van der Waals surface area contributed by atoms with Crippen molar-refractivity contribution >= 4 is 27.3 Å². The lowest BCUT2D eigenvalue weighted by atomic mass is 10.0. The van der Waals surface area contributed by atoms with E-state index < -0.39 is 14.9 Å². The Kier molecular flexibility index (Phi) is 6.07. The molecule has 0 radical (unpaired) electrons. The van der Waals surface area contributed by atoms with Gasteiger partial charge in [0, 0.05) is 50.4 Å². The van der Waals surface area contributed by atoms with E-state index in [2.05, 4.69) is 16.8 Å². The van der Waals surface area contributed by atoms with Crippen LogP contribution in [0.2, 0.25) is 5.02 Å². The van der Waals surface area contributed by atoms with Crippen LogP contribution in [0, 0.1) is 17.0 Å². The molecule has 0 aromatic heterocycles. The van der Waals surface area contributed by atoms with Gasteiger partial charge in [-0.25, -0.2) is 8.42 Å². The average Bonchev–Trinajstić information content (AvgIpc) is 2.63. The molecule has 0 N–H and O–H groups in total. The number of likely N-dealkylation sites (tertiary alicyclic amines) is 1. The maximum Gasteiger partial charge on any atom is 0.275 e. The van der Waals surface area contributed by atoms with Crippen LogP contribution in [-0.2, 0) is 10.0 Å². The molecule has 2 aliphatic heterocycles. The Morgan fingerprint density at radius 2 is 1.85 bits per heavy atom. The van der Waals surface area contributed by atoms with Gasteiger partial charge in [-0.2, -0.15) is 4.31 Å². The van der Waals surface area contributed by atoms with Crippen LogP contribution in [0.3, 0.4) is 0 Å². The number of likely N-dealkylation sites (N-methyl/N-ethyl adjacent to an activating group) is 1. The highest BCUT2D eigenvalue weighted by Gasteiger charge is 2.33. The Hall–Kier alpha value is -1.26. The van der Waals surface area contributed by atoms with Crippen LogP contribution < -0.4 is 0 Å². The summed E-state index contributed by atoms with van der Waals surface area (Å²) in [6.07, 6.45) is 2.29. The molecule has 2 fully saturated rings. The number of piperazine rings is 1. The predicted molar refractivity (Wildman–Crippen MR) is 104 cm³/mol. The number of hydrogen-bond donors (Lipinski definition) is 0. The molecule has 0 aliphatic carbocycles. The fraction of sp³-hybridized carbons (Fsp3) is 0.647. The van der Waals surface area contributed by atoms with E-state index in [1.807, 2.05) is 0 Å². The minimum atomic E-state index is -3.81. The number of sulfonamides is 1. The second kappa shape index (κ2) is 8.00. The molecule has 0 bridgehead atoms. The van der Waals surface area contributed by atoms with Crippen LogP contribution in [0.4, 0.5) is 5.69 Å². The zero-order chi connectivity index (χ0) is 19.8. The van der Waals surface area contributed by atoms with Gasteiger partial charge >= 0.3 is 0 Å². The van der Waals surface area contributed by atoms with Crippen molar-refractivity contribution in [1.29, 1.82) is 0 Å². The second-order valence-corrected chi connectivity index (χ2v) is 9.65. The lowest BCUT2D eigenvalue weighted by molar-refractivity contribution is -0.385. The Balaban J connectivity index is 1.75. The van der Waals surface area contributed by atoms with Crippen LogP contribution in [0.1, 0.15) is 18.4 Å². The molecule has 0 amide bonds. The molecule has 2 aliphatic rings. The third kappa shape index (κ3) is 4.27. The molecule has 1 aromatic carbocycles. The summed E-state index contributed by atoms with van der Waals surface area (Å²) in [5.41, 5.74) is -0.00296. The van der Waals surface area contributed by atoms with Gasteiger partial charge in [0.15, 0.2) is 0 Å². The van der Waals surface area contributed by atoms with Crippen molar-refractivity contribution in [3.63, 3.8) is 0 Å². The van der Waals surface area contributed by atoms with Crippen LogP contribution in [-0.4, -0.2) is 79.8 Å². The van der Waals surface area contributed by atoms with E-state index in [4.69, 9.17) is 11.6 Å². The summed E-state index contributed by atoms with van der Waals surface area (Å²) < 4.78 is 27.4. The van der Waals surface area contributed by atoms with Crippen molar-refractivity contribution in [3.8, 4) is 0 Å². The van der Waals surface area contributed by atoms with Gasteiger partial charge in [-0.3, -0.25) is 15.0 Å². The standard InChI is InChI=1S/C17H25ClN4O4S/c1-13-16(18)10-15(11-17(13)22(23)24)27(25,26)21-8-6-20(7-9-21)14-4-3-5-19(2)12-14/h10-11,14H,3-9,12H2,1-2H3. The second-order valence-electron chi connectivity index (χ2n) is 7.30. The number of rotatable bonds is 4. The van der Waals surface area contributed by atoms with E-state index in [1.54, 1.807) is 0 Å². The first kappa shape index (κ1) is 20.5. The minimum absolute atomic E-state index is 0.0895. The Labute approximate surface area is 164 Å². The summed E-state index contributed by atoms with van der Waals surface area (Å²) >= 11 is 6.05. The first-order valence-electron chi connectivity index (χ1n) is 9.07. The highest BCUT2D eigenvalue weighted by atomic mass is 35.5. The maximum atomic E-state index is 13.0. The fourth-order valence-electron chi connectivity index (χ4n) is 3.87. The van der Waals surface area contributed by atoms with Crippen LogP contribution in [0.15, 0.2) is 17.0 Å². The summed E-state index contributed by atoms with van der Waals surface area (Å²) in [5, 5.41) is 11.3. The van der Waals surface area contributed by atoms with Gasteiger partial charge < -0.3 is 4.90 Å².